The molecule has 0 aliphatic rings. The van der Waals surface area contributed by atoms with E-state index in [-0.39, 0.29) is 0 Å². The topological polar surface area (TPSA) is 47.3 Å². The molecule has 0 bridgehead atoms. The monoisotopic (exact) mass is 274 g/mol. The van der Waals surface area contributed by atoms with E-state index in [1.54, 1.807) is 10.9 Å². The van der Waals surface area contributed by atoms with Crippen LogP contribution < -0.4 is 4.74 Å². The number of hydrogen-bond donors (Lipinski definition) is 1. The maximum absolute atomic E-state index is 10.3. The second-order valence-corrected chi connectivity index (χ2v) is 4.80. The van der Waals surface area contributed by atoms with E-state index < -0.39 is 6.10 Å². The first kappa shape index (κ1) is 14.6. The first-order valence-corrected chi connectivity index (χ1v) is 7.17. The van der Waals surface area contributed by atoms with E-state index in [1.807, 2.05) is 37.4 Å². The van der Waals surface area contributed by atoms with Gasteiger partial charge < -0.3 is 9.84 Å². The van der Waals surface area contributed by atoms with Crippen LogP contribution in [0.15, 0.2) is 36.7 Å². The van der Waals surface area contributed by atoms with Crippen LogP contribution in [-0.4, -0.2) is 21.5 Å². The van der Waals surface area contributed by atoms with Gasteiger partial charge in [-0.25, -0.2) is 0 Å². The van der Waals surface area contributed by atoms with E-state index >= 15 is 0 Å². The maximum atomic E-state index is 10.3. The third-order valence-electron chi connectivity index (χ3n) is 3.26. The van der Waals surface area contributed by atoms with Crippen LogP contribution in [0, 0.1) is 0 Å². The Morgan fingerprint density at radius 2 is 1.95 bits per heavy atom. The lowest BCUT2D eigenvalue weighted by atomic mass is 10.0. The van der Waals surface area contributed by atoms with Crippen molar-refractivity contribution in [2.24, 2.45) is 0 Å². The molecule has 1 heterocycles. The lowest BCUT2D eigenvalue weighted by molar-refractivity contribution is 0.220. The number of aryl methyl sites for hydroxylation is 1. The number of aromatic nitrogens is 2. The maximum Gasteiger partial charge on any atom is 0.119 e. The van der Waals surface area contributed by atoms with Gasteiger partial charge in [-0.2, -0.15) is 5.10 Å². The van der Waals surface area contributed by atoms with Crippen molar-refractivity contribution in [2.75, 3.05) is 6.61 Å². The largest absolute Gasteiger partial charge is 0.494 e. The lowest BCUT2D eigenvalue weighted by Crippen LogP contribution is -2.00. The van der Waals surface area contributed by atoms with Gasteiger partial charge in [0.05, 0.1) is 12.8 Å². The van der Waals surface area contributed by atoms with E-state index in [4.69, 9.17) is 4.74 Å². The summed E-state index contributed by atoms with van der Waals surface area (Å²) >= 11 is 0. The van der Waals surface area contributed by atoms with Crippen LogP contribution in [-0.2, 0) is 6.54 Å². The number of ether oxygens (including phenoxy) is 1. The van der Waals surface area contributed by atoms with Crippen LogP contribution in [0.4, 0.5) is 0 Å². The molecule has 1 N–H and O–H groups in total. The number of rotatable bonds is 7. The molecule has 1 aromatic heterocycles. The van der Waals surface area contributed by atoms with Crippen LogP contribution in [0.2, 0.25) is 0 Å². The molecule has 1 aromatic carbocycles. The molecule has 4 heteroatoms. The summed E-state index contributed by atoms with van der Waals surface area (Å²) in [4.78, 5) is 0. The molecule has 2 rings (SSSR count). The van der Waals surface area contributed by atoms with Crippen molar-refractivity contribution in [2.45, 2.75) is 39.3 Å². The Kier molecular flexibility index (Phi) is 5.18. The Morgan fingerprint density at radius 3 is 2.55 bits per heavy atom. The third-order valence-corrected chi connectivity index (χ3v) is 3.26. The standard InChI is InChI=1S/C16H22N2O2/c1-3-5-10-20-15-8-6-13(7-9-15)16(19)14-11-17-18(4-2)12-14/h6-9,11-12,16,19H,3-5,10H2,1-2H3. The average molecular weight is 274 g/mol. The molecular formula is C16H22N2O2. The van der Waals surface area contributed by atoms with Crippen molar-refractivity contribution in [3.8, 4) is 5.75 Å². The van der Waals surface area contributed by atoms with E-state index in [0.29, 0.717) is 0 Å². The highest BCUT2D eigenvalue weighted by molar-refractivity contribution is 5.32. The van der Waals surface area contributed by atoms with Gasteiger partial charge in [-0.15, -0.1) is 0 Å². The molecule has 20 heavy (non-hydrogen) atoms. The lowest BCUT2D eigenvalue weighted by Gasteiger charge is -2.10. The highest BCUT2D eigenvalue weighted by Crippen LogP contribution is 2.23. The van der Waals surface area contributed by atoms with Gasteiger partial charge in [-0.3, -0.25) is 4.68 Å². The number of aliphatic hydroxyl groups is 1. The summed E-state index contributed by atoms with van der Waals surface area (Å²) in [6.45, 7) is 5.70. The van der Waals surface area contributed by atoms with Gasteiger partial charge >= 0.3 is 0 Å². The molecule has 0 fully saturated rings. The Bertz CT molecular complexity index is 520. The molecule has 1 atom stereocenters. The fourth-order valence-electron chi connectivity index (χ4n) is 1.97. The number of unbranched alkanes of at least 4 members (excludes halogenated alkanes) is 1. The molecular weight excluding hydrogens is 252 g/mol. The zero-order valence-corrected chi connectivity index (χ0v) is 12.1. The number of nitrogens with zero attached hydrogens (tertiary/aromatic N) is 2. The first-order chi connectivity index (χ1) is 9.74. The summed E-state index contributed by atoms with van der Waals surface area (Å²) in [6, 6.07) is 7.60. The second-order valence-electron chi connectivity index (χ2n) is 4.80. The normalized spacial score (nSPS) is 12.3. The van der Waals surface area contributed by atoms with Gasteiger partial charge in [0.2, 0.25) is 0 Å². The quantitative estimate of drug-likeness (QED) is 0.789. The fourth-order valence-corrected chi connectivity index (χ4v) is 1.97. The van der Waals surface area contributed by atoms with Gasteiger partial charge in [0, 0.05) is 18.3 Å². The molecule has 4 nitrogen and oxygen atoms in total. The van der Waals surface area contributed by atoms with Crippen molar-refractivity contribution in [1.29, 1.82) is 0 Å². The summed E-state index contributed by atoms with van der Waals surface area (Å²) in [7, 11) is 0. The third kappa shape index (κ3) is 3.61. The average Bonchev–Trinajstić information content (AvgIpc) is 2.96. The van der Waals surface area contributed by atoms with Crippen molar-refractivity contribution >= 4 is 0 Å². The SMILES string of the molecule is CCCCOc1ccc(C(O)c2cnn(CC)c2)cc1. The highest BCUT2D eigenvalue weighted by atomic mass is 16.5. The zero-order chi connectivity index (χ0) is 14.4. The first-order valence-electron chi connectivity index (χ1n) is 7.17. The molecule has 0 saturated carbocycles. The molecule has 0 saturated heterocycles. The molecule has 0 aliphatic heterocycles. The minimum atomic E-state index is -0.639. The van der Waals surface area contributed by atoms with Crippen molar-refractivity contribution in [3.63, 3.8) is 0 Å². The Labute approximate surface area is 120 Å². The van der Waals surface area contributed by atoms with Gasteiger partial charge in [-0.1, -0.05) is 25.5 Å². The Hall–Kier alpha value is -1.81. The number of aliphatic hydroxyl groups excluding tert-OH is 1. The zero-order valence-electron chi connectivity index (χ0n) is 12.1. The fraction of sp³-hybridized carbons (Fsp3) is 0.438. The van der Waals surface area contributed by atoms with Gasteiger partial charge in [0.25, 0.3) is 0 Å². The van der Waals surface area contributed by atoms with Crippen LogP contribution in [0.5, 0.6) is 5.75 Å². The van der Waals surface area contributed by atoms with Crippen LogP contribution in [0.1, 0.15) is 43.9 Å². The van der Waals surface area contributed by atoms with Crippen LogP contribution in [0.3, 0.4) is 0 Å². The van der Waals surface area contributed by atoms with Crippen molar-refractivity contribution in [1.82, 2.24) is 9.78 Å². The predicted molar refractivity (Wildman–Crippen MR) is 78.8 cm³/mol. The van der Waals surface area contributed by atoms with Gasteiger partial charge in [-0.05, 0) is 31.0 Å². The smallest absolute Gasteiger partial charge is 0.119 e. The molecule has 0 amide bonds. The van der Waals surface area contributed by atoms with Crippen LogP contribution in [0.25, 0.3) is 0 Å². The van der Waals surface area contributed by atoms with Gasteiger partial charge in [0.15, 0.2) is 0 Å². The molecule has 1 unspecified atom stereocenters. The highest BCUT2D eigenvalue weighted by Gasteiger charge is 2.12. The Morgan fingerprint density at radius 1 is 1.20 bits per heavy atom. The summed E-state index contributed by atoms with van der Waals surface area (Å²) in [6.07, 6.45) is 5.12. The molecule has 108 valence electrons. The second kappa shape index (κ2) is 7.10. The van der Waals surface area contributed by atoms with Crippen molar-refractivity contribution < 1.29 is 9.84 Å². The molecule has 0 radical (unpaired) electrons. The van der Waals surface area contributed by atoms with E-state index in [1.165, 1.54) is 0 Å². The molecule has 0 spiro atoms. The van der Waals surface area contributed by atoms with E-state index in [9.17, 15) is 5.11 Å². The predicted octanol–water partition coefficient (Wildman–Crippen LogP) is 3.16. The summed E-state index contributed by atoms with van der Waals surface area (Å²) in [5, 5.41) is 14.5. The summed E-state index contributed by atoms with van der Waals surface area (Å²) in [5.74, 6) is 0.846. The minimum absolute atomic E-state index is 0.639. The summed E-state index contributed by atoms with van der Waals surface area (Å²) < 4.78 is 7.42. The van der Waals surface area contributed by atoms with Crippen LogP contribution >= 0.6 is 0 Å². The van der Waals surface area contributed by atoms with E-state index in [0.717, 1.165) is 42.9 Å². The molecule has 0 aliphatic carbocycles. The molecule has 2 aromatic rings. The van der Waals surface area contributed by atoms with Gasteiger partial charge in [0.1, 0.15) is 11.9 Å². The minimum Gasteiger partial charge on any atom is -0.494 e. The number of benzene rings is 1. The van der Waals surface area contributed by atoms with Crippen molar-refractivity contribution in [3.05, 3.63) is 47.8 Å². The summed E-state index contributed by atoms with van der Waals surface area (Å²) in [5.41, 5.74) is 1.66. The number of hydrogen-bond acceptors (Lipinski definition) is 3. The van der Waals surface area contributed by atoms with E-state index in [2.05, 4.69) is 12.0 Å². The Balaban J connectivity index is 2.01.